The lowest BCUT2D eigenvalue weighted by molar-refractivity contribution is 0.188. The topological polar surface area (TPSA) is 21.3 Å². The number of fused-ring (bicyclic) bond motifs is 1. The van der Waals surface area contributed by atoms with E-state index in [0.29, 0.717) is 17.9 Å². The van der Waals surface area contributed by atoms with Crippen LogP contribution in [0, 0.1) is 5.92 Å². The third kappa shape index (κ3) is 3.11. The summed E-state index contributed by atoms with van der Waals surface area (Å²) < 4.78 is 5.82. The monoisotopic (exact) mass is 281 g/mol. The van der Waals surface area contributed by atoms with Crippen molar-refractivity contribution in [2.75, 3.05) is 13.2 Å². The van der Waals surface area contributed by atoms with Crippen LogP contribution in [0.5, 0.6) is 5.75 Å². The van der Waals surface area contributed by atoms with Gasteiger partial charge in [0.15, 0.2) is 0 Å². The first-order valence-electron chi connectivity index (χ1n) is 7.75. The van der Waals surface area contributed by atoms with Gasteiger partial charge in [-0.2, -0.15) is 0 Å². The van der Waals surface area contributed by atoms with E-state index in [0.717, 1.165) is 18.9 Å². The van der Waals surface area contributed by atoms with Crippen molar-refractivity contribution in [1.29, 1.82) is 0 Å². The van der Waals surface area contributed by atoms with Crippen molar-refractivity contribution >= 4 is 0 Å². The van der Waals surface area contributed by atoms with E-state index in [-0.39, 0.29) is 0 Å². The Morgan fingerprint density at radius 3 is 2.62 bits per heavy atom. The summed E-state index contributed by atoms with van der Waals surface area (Å²) in [6.07, 6.45) is 0. The predicted molar refractivity (Wildman–Crippen MR) is 86.7 cm³/mol. The van der Waals surface area contributed by atoms with E-state index in [2.05, 4.69) is 67.7 Å². The summed E-state index contributed by atoms with van der Waals surface area (Å²) in [6, 6.07) is 19.4. The van der Waals surface area contributed by atoms with Crippen molar-refractivity contribution in [3.8, 4) is 5.75 Å². The Balaban J connectivity index is 1.70. The molecule has 2 aromatic rings. The molecule has 1 N–H and O–H groups in total. The molecule has 3 atom stereocenters. The number of ether oxygens (including phenoxy) is 1. The van der Waals surface area contributed by atoms with Gasteiger partial charge in [0.1, 0.15) is 5.75 Å². The van der Waals surface area contributed by atoms with E-state index in [1.54, 1.807) is 0 Å². The third-order valence-electron chi connectivity index (χ3n) is 4.34. The summed E-state index contributed by atoms with van der Waals surface area (Å²) >= 11 is 0. The molecule has 3 unspecified atom stereocenters. The Hall–Kier alpha value is -1.80. The molecule has 1 heterocycles. The normalized spacial score (nSPS) is 22.2. The minimum atomic E-state index is 0.376. The molecule has 0 aliphatic carbocycles. The van der Waals surface area contributed by atoms with Gasteiger partial charge in [-0.1, -0.05) is 62.4 Å². The molecule has 2 aromatic carbocycles. The van der Waals surface area contributed by atoms with Gasteiger partial charge in [0.2, 0.25) is 0 Å². The summed E-state index contributed by atoms with van der Waals surface area (Å²) in [5.74, 6) is 2.02. The van der Waals surface area contributed by atoms with E-state index < -0.39 is 0 Å². The fourth-order valence-electron chi connectivity index (χ4n) is 3.01. The first-order valence-corrected chi connectivity index (χ1v) is 7.75. The number of hydrogen-bond acceptors (Lipinski definition) is 2. The lowest BCUT2D eigenvalue weighted by Crippen LogP contribution is -2.35. The van der Waals surface area contributed by atoms with Crippen molar-refractivity contribution in [2.45, 2.75) is 25.8 Å². The smallest absolute Gasteiger partial charge is 0.124 e. The first kappa shape index (κ1) is 14.2. The fourth-order valence-corrected chi connectivity index (χ4v) is 3.01. The molecule has 0 radical (unpaired) electrons. The summed E-state index contributed by atoms with van der Waals surface area (Å²) in [5.41, 5.74) is 2.68. The maximum atomic E-state index is 5.82. The Morgan fingerprint density at radius 2 is 1.81 bits per heavy atom. The number of rotatable bonds is 4. The summed E-state index contributed by atoms with van der Waals surface area (Å²) in [7, 11) is 0. The molecule has 0 saturated carbocycles. The molecule has 0 saturated heterocycles. The van der Waals surface area contributed by atoms with Crippen LogP contribution in [0.15, 0.2) is 54.6 Å². The van der Waals surface area contributed by atoms with Gasteiger partial charge in [-0.05, 0) is 17.5 Å². The van der Waals surface area contributed by atoms with Gasteiger partial charge in [-0.25, -0.2) is 0 Å². The zero-order valence-electron chi connectivity index (χ0n) is 12.8. The van der Waals surface area contributed by atoms with Crippen LogP contribution < -0.4 is 10.1 Å². The van der Waals surface area contributed by atoms with Crippen molar-refractivity contribution in [3.63, 3.8) is 0 Å². The SMILES string of the molecule is CC(CNC1c2ccccc2OCC1C)c1ccccc1. The molecule has 3 rings (SSSR count). The average molecular weight is 281 g/mol. The molecular formula is C19H23NO. The van der Waals surface area contributed by atoms with Crippen LogP contribution in [0.4, 0.5) is 0 Å². The molecule has 0 fully saturated rings. The molecule has 2 heteroatoms. The van der Waals surface area contributed by atoms with E-state index in [9.17, 15) is 0 Å². The van der Waals surface area contributed by atoms with Gasteiger partial charge in [0.25, 0.3) is 0 Å². The van der Waals surface area contributed by atoms with Gasteiger partial charge >= 0.3 is 0 Å². The van der Waals surface area contributed by atoms with Gasteiger partial charge in [-0.3, -0.25) is 0 Å². The van der Waals surface area contributed by atoms with E-state index in [1.165, 1.54) is 11.1 Å². The zero-order valence-corrected chi connectivity index (χ0v) is 12.8. The highest BCUT2D eigenvalue weighted by atomic mass is 16.5. The number of nitrogens with one attached hydrogen (secondary N) is 1. The van der Waals surface area contributed by atoms with Crippen LogP contribution in [0.25, 0.3) is 0 Å². The quantitative estimate of drug-likeness (QED) is 0.909. The second kappa shape index (κ2) is 6.31. The molecule has 2 nitrogen and oxygen atoms in total. The predicted octanol–water partition coefficient (Wildman–Crippen LogP) is 4.15. The molecule has 1 aliphatic heterocycles. The minimum absolute atomic E-state index is 0.376. The molecule has 0 amide bonds. The van der Waals surface area contributed by atoms with Crippen LogP contribution >= 0.6 is 0 Å². The van der Waals surface area contributed by atoms with E-state index in [4.69, 9.17) is 4.74 Å². The zero-order chi connectivity index (χ0) is 14.7. The lowest BCUT2D eigenvalue weighted by Gasteiger charge is -2.33. The third-order valence-corrected chi connectivity index (χ3v) is 4.34. The number of hydrogen-bond donors (Lipinski definition) is 1. The summed E-state index contributed by atoms with van der Waals surface area (Å²) in [6.45, 7) is 6.29. The lowest BCUT2D eigenvalue weighted by atomic mass is 9.91. The molecule has 21 heavy (non-hydrogen) atoms. The van der Waals surface area contributed by atoms with Crippen molar-refractivity contribution in [2.24, 2.45) is 5.92 Å². The highest BCUT2D eigenvalue weighted by molar-refractivity contribution is 5.38. The molecule has 0 spiro atoms. The molecule has 0 bridgehead atoms. The van der Waals surface area contributed by atoms with Crippen LogP contribution in [0.2, 0.25) is 0 Å². The van der Waals surface area contributed by atoms with Crippen LogP contribution in [-0.4, -0.2) is 13.2 Å². The molecule has 110 valence electrons. The van der Waals surface area contributed by atoms with Crippen LogP contribution in [-0.2, 0) is 0 Å². The summed E-state index contributed by atoms with van der Waals surface area (Å²) in [4.78, 5) is 0. The highest BCUT2D eigenvalue weighted by Gasteiger charge is 2.27. The van der Waals surface area contributed by atoms with Crippen LogP contribution in [0.1, 0.15) is 36.9 Å². The molecular weight excluding hydrogens is 258 g/mol. The van der Waals surface area contributed by atoms with Gasteiger partial charge in [-0.15, -0.1) is 0 Å². The van der Waals surface area contributed by atoms with Gasteiger partial charge in [0.05, 0.1) is 6.61 Å². The number of para-hydroxylation sites is 1. The number of benzene rings is 2. The van der Waals surface area contributed by atoms with Crippen molar-refractivity contribution < 1.29 is 4.74 Å². The first-order chi connectivity index (χ1) is 10.3. The van der Waals surface area contributed by atoms with E-state index in [1.807, 2.05) is 6.07 Å². The Labute approximate surface area is 127 Å². The Morgan fingerprint density at radius 1 is 1.10 bits per heavy atom. The van der Waals surface area contributed by atoms with Gasteiger partial charge in [0, 0.05) is 24.1 Å². The largest absolute Gasteiger partial charge is 0.493 e. The fraction of sp³-hybridized carbons (Fsp3) is 0.368. The van der Waals surface area contributed by atoms with Crippen molar-refractivity contribution in [1.82, 2.24) is 5.32 Å². The Bertz CT molecular complexity index is 581. The second-order valence-corrected chi connectivity index (χ2v) is 6.02. The highest BCUT2D eigenvalue weighted by Crippen LogP contribution is 2.35. The second-order valence-electron chi connectivity index (χ2n) is 6.02. The standard InChI is InChI=1S/C19H23NO/c1-14(16-8-4-3-5-9-16)12-20-19-15(2)13-21-18-11-7-6-10-17(18)19/h3-11,14-15,19-20H,12-13H2,1-2H3. The maximum Gasteiger partial charge on any atom is 0.124 e. The summed E-state index contributed by atoms with van der Waals surface area (Å²) in [5, 5.41) is 3.75. The molecule has 0 aromatic heterocycles. The average Bonchev–Trinajstić information content (AvgIpc) is 2.54. The molecule has 1 aliphatic rings. The van der Waals surface area contributed by atoms with Crippen LogP contribution in [0.3, 0.4) is 0 Å². The maximum absolute atomic E-state index is 5.82. The minimum Gasteiger partial charge on any atom is -0.493 e. The van der Waals surface area contributed by atoms with Crippen molar-refractivity contribution in [3.05, 3.63) is 65.7 Å². The van der Waals surface area contributed by atoms with E-state index >= 15 is 0 Å². The van der Waals surface area contributed by atoms with Gasteiger partial charge < -0.3 is 10.1 Å². The Kier molecular flexibility index (Phi) is 4.26.